The molecule has 29 heavy (non-hydrogen) atoms. The van der Waals surface area contributed by atoms with Crippen LogP contribution in [0.1, 0.15) is 21.5 Å². The summed E-state index contributed by atoms with van der Waals surface area (Å²) in [5.74, 6) is 1.04. The first-order chi connectivity index (χ1) is 13.7. The van der Waals surface area contributed by atoms with Crippen LogP contribution in [0.2, 0.25) is 0 Å². The highest BCUT2D eigenvalue weighted by atomic mass is 32.2. The zero-order valence-corrected chi connectivity index (χ0v) is 17.2. The number of ether oxygens (including phenoxy) is 2. The van der Waals surface area contributed by atoms with Crippen molar-refractivity contribution < 1.29 is 26.9 Å². The van der Waals surface area contributed by atoms with E-state index in [0.29, 0.717) is 22.6 Å². The molecule has 0 bridgehead atoms. The molecule has 0 amide bonds. The van der Waals surface area contributed by atoms with Gasteiger partial charge in [-0.25, -0.2) is 0 Å². The maximum atomic E-state index is 12.8. The highest BCUT2D eigenvalue weighted by Crippen LogP contribution is 2.40. The highest BCUT2D eigenvalue weighted by molar-refractivity contribution is 7.86. The molecule has 4 rings (SSSR count). The molecule has 0 aliphatic carbocycles. The molecule has 1 aliphatic heterocycles. The molecule has 2 aromatic carbocycles. The van der Waals surface area contributed by atoms with E-state index < -0.39 is 10.1 Å². The SMILES string of the molecule is COc1ccc2c(c1)c(C=C1Oc3c(ccc(OS(C)(=O)=O)c3C)C1=O)cn2C. The number of carbonyl (C=O) groups is 1. The Morgan fingerprint density at radius 1 is 1.17 bits per heavy atom. The van der Waals surface area contributed by atoms with E-state index in [4.69, 9.17) is 13.7 Å². The molecule has 8 heteroatoms. The quantitative estimate of drug-likeness (QED) is 0.481. The lowest BCUT2D eigenvalue weighted by Gasteiger charge is -2.09. The van der Waals surface area contributed by atoms with Crippen LogP contribution in [0.5, 0.6) is 17.2 Å². The maximum absolute atomic E-state index is 12.8. The highest BCUT2D eigenvalue weighted by Gasteiger charge is 2.31. The third-order valence-electron chi connectivity index (χ3n) is 4.79. The summed E-state index contributed by atoms with van der Waals surface area (Å²) < 4.78 is 41.0. The zero-order chi connectivity index (χ0) is 20.9. The van der Waals surface area contributed by atoms with Gasteiger partial charge in [0.2, 0.25) is 5.78 Å². The van der Waals surface area contributed by atoms with Crippen LogP contribution in [0.25, 0.3) is 17.0 Å². The van der Waals surface area contributed by atoms with Crippen LogP contribution in [0.4, 0.5) is 0 Å². The molecule has 0 spiro atoms. The van der Waals surface area contributed by atoms with E-state index >= 15 is 0 Å². The van der Waals surface area contributed by atoms with E-state index in [0.717, 1.165) is 22.7 Å². The Morgan fingerprint density at radius 2 is 1.93 bits per heavy atom. The molecule has 1 aromatic heterocycles. The lowest BCUT2D eigenvalue weighted by atomic mass is 10.1. The Morgan fingerprint density at radius 3 is 2.62 bits per heavy atom. The zero-order valence-electron chi connectivity index (χ0n) is 16.3. The second kappa shape index (κ2) is 6.66. The monoisotopic (exact) mass is 413 g/mol. The summed E-state index contributed by atoms with van der Waals surface area (Å²) in [5.41, 5.74) is 2.61. The van der Waals surface area contributed by atoms with Gasteiger partial charge in [0.05, 0.1) is 18.9 Å². The molecule has 3 aromatic rings. The van der Waals surface area contributed by atoms with Crippen molar-refractivity contribution in [3.63, 3.8) is 0 Å². The number of rotatable bonds is 4. The van der Waals surface area contributed by atoms with Crippen molar-refractivity contribution in [2.75, 3.05) is 13.4 Å². The Kier molecular flexibility index (Phi) is 4.38. The standard InChI is InChI=1S/C21H19NO6S/c1-12-18(28-29(4,24)25)8-6-15-20(23)19(27-21(12)15)9-13-11-22(2)17-7-5-14(26-3)10-16(13)17/h5-11H,1-4H3. The first-order valence-electron chi connectivity index (χ1n) is 8.78. The van der Waals surface area contributed by atoms with Crippen LogP contribution in [0, 0.1) is 6.92 Å². The third kappa shape index (κ3) is 3.36. The fraction of sp³-hybridized carbons (Fsp3) is 0.190. The number of hydrogen-bond donors (Lipinski definition) is 0. The average molecular weight is 413 g/mol. The normalized spacial score (nSPS) is 14.9. The Hall–Kier alpha value is -3.26. The first kappa shape index (κ1) is 19.1. The minimum atomic E-state index is -3.69. The molecule has 0 unspecified atom stereocenters. The summed E-state index contributed by atoms with van der Waals surface area (Å²) in [6, 6.07) is 8.69. The summed E-state index contributed by atoms with van der Waals surface area (Å²) in [4.78, 5) is 12.8. The number of allylic oxidation sites excluding steroid dienone is 1. The summed E-state index contributed by atoms with van der Waals surface area (Å²) in [6.07, 6.45) is 4.55. The van der Waals surface area contributed by atoms with E-state index in [2.05, 4.69) is 0 Å². The lowest BCUT2D eigenvalue weighted by molar-refractivity contribution is 0.101. The molecule has 0 saturated heterocycles. The van der Waals surface area contributed by atoms with Crippen molar-refractivity contribution in [2.45, 2.75) is 6.92 Å². The van der Waals surface area contributed by atoms with Crippen LogP contribution < -0.4 is 13.7 Å². The molecule has 150 valence electrons. The predicted molar refractivity (Wildman–Crippen MR) is 109 cm³/mol. The number of methoxy groups -OCH3 is 1. The van der Waals surface area contributed by atoms with Crippen LogP contribution in [-0.2, 0) is 17.2 Å². The van der Waals surface area contributed by atoms with Crippen LogP contribution in [0.3, 0.4) is 0 Å². The lowest BCUT2D eigenvalue weighted by Crippen LogP contribution is -2.07. The van der Waals surface area contributed by atoms with Crippen molar-refractivity contribution in [1.82, 2.24) is 4.57 Å². The predicted octanol–water partition coefficient (Wildman–Crippen LogP) is 3.45. The smallest absolute Gasteiger partial charge is 0.306 e. The number of ketones is 1. The summed E-state index contributed by atoms with van der Waals surface area (Å²) in [7, 11) is -0.173. The van der Waals surface area contributed by atoms with Gasteiger partial charge in [-0.1, -0.05) is 0 Å². The van der Waals surface area contributed by atoms with Gasteiger partial charge in [-0.2, -0.15) is 8.42 Å². The molecule has 0 radical (unpaired) electrons. The van der Waals surface area contributed by atoms with Gasteiger partial charge in [0.1, 0.15) is 17.2 Å². The molecular weight excluding hydrogens is 394 g/mol. The molecular formula is C21H19NO6S. The average Bonchev–Trinajstić information content (AvgIpc) is 3.14. The van der Waals surface area contributed by atoms with Crippen LogP contribution >= 0.6 is 0 Å². The number of aromatic nitrogens is 1. The summed E-state index contributed by atoms with van der Waals surface area (Å²) >= 11 is 0. The van der Waals surface area contributed by atoms with E-state index in [9.17, 15) is 13.2 Å². The fourth-order valence-electron chi connectivity index (χ4n) is 3.41. The largest absolute Gasteiger partial charge is 0.497 e. The molecule has 0 N–H and O–H groups in total. The van der Waals surface area contributed by atoms with Gasteiger partial charge in [0, 0.05) is 35.3 Å². The second-order valence-electron chi connectivity index (χ2n) is 6.87. The van der Waals surface area contributed by atoms with Gasteiger partial charge < -0.3 is 18.2 Å². The van der Waals surface area contributed by atoms with E-state index in [1.54, 1.807) is 20.1 Å². The minimum Gasteiger partial charge on any atom is -0.497 e. The maximum Gasteiger partial charge on any atom is 0.306 e. The minimum absolute atomic E-state index is 0.134. The second-order valence-corrected chi connectivity index (χ2v) is 8.45. The Bertz CT molecular complexity index is 1300. The summed E-state index contributed by atoms with van der Waals surface area (Å²) in [6.45, 7) is 1.65. The molecule has 0 atom stereocenters. The molecule has 0 saturated carbocycles. The van der Waals surface area contributed by atoms with Crippen molar-refractivity contribution >= 4 is 32.9 Å². The van der Waals surface area contributed by atoms with Crippen LogP contribution in [-0.4, -0.2) is 32.1 Å². The van der Waals surface area contributed by atoms with Gasteiger partial charge in [-0.3, -0.25) is 4.79 Å². The number of aryl methyl sites for hydroxylation is 1. The van der Waals surface area contributed by atoms with Crippen LogP contribution in [0.15, 0.2) is 42.3 Å². The number of benzene rings is 2. The van der Waals surface area contributed by atoms with E-state index in [1.807, 2.05) is 36.0 Å². The molecule has 7 nitrogen and oxygen atoms in total. The van der Waals surface area contributed by atoms with Crippen molar-refractivity contribution in [1.29, 1.82) is 0 Å². The number of fused-ring (bicyclic) bond motifs is 2. The van der Waals surface area contributed by atoms with Crippen molar-refractivity contribution in [2.24, 2.45) is 7.05 Å². The van der Waals surface area contributed by atoms with Gasteiger partial charge in [0.15, 0.2) is 5.76 Å². The molecule has 2 heterocycles. The topological polar surface area (TPSA) is 83.8 Å². The van der Waals surface area contributed by atoms with E-state index in [1.165, 1.54) is 12.1 Å². The van der Waals surface area contributed by atoms with Gasteiger partial charge >= 0.3 is 10.1 Å². The fourth-order valence-corrected chi connectivity index (χ4v) is 3.91. The number of nitrogens with zero attached hydrogens (tertiary/aromatic N) is 1. The Labute approximate surface area is 168 Å². The van der Waals surface area contributed by atoms with Crippen molar-refractivity contribution in [3.8, 4) is 17.2 Å². The third-order valence-corrected chi connectivity index (χ3v) is 5.27. The molecule has 1 aliphatic rings. The van der Waals surface area contributed by atoms with Crippen molar-refractivity contribution in [3.05, 3.63) is 59.0 Å². The number of hydrogen-bond acceptors (Lipinski definition) is 6. The first-order valence-corrected chi connectivity index (χ1v) is 10.6. The molecule has 0 fully saturated rings. The number of carbonyl (C=O) groups excluding carboxylic acids is 1. The van der Waals surface area contributed by atoms with Gasteiger partial charge in [0.25, 0.3) is 0 Å². The van der Waals surface area contributed by atoms with Gasteiger partial charge in [-0.15, -0.1) is 0 Å². The number of Topliss-reactive ketones (excluding diaryl/α,β-unsaturated/α-hetero) is 1. The van der Waals surface area contributed by atoms with Gasteiger partial charge in [-0.05, 0) is 43.3 Å². The van der Waals surface area contributed by atoms with E-state index in [-0.39, 0.29) is 17.3 Å². The summed E-state index contributed by atoms with van der Waals surface area (Å²) in [5, 5.41) is 0.921. The Balaban J connectivity index is 1.77.